The summed E-state index contributed by atoms with van der Waals surface area (Å²) in [7, 11) is 3.30. The van der Waals surface area contributed by atoms with Crippen molar-refractivity contribution in [3.63, 3.8) is 0 Å². The highest BCUT2D eigenvalue weighted by molar-refractivity contribution is 6.03. The van der Waals surface area contributed by atoms with Gasteiger partial charge in [0.15, 0.2) is 23.6 Å². The lowest BCUT2D eigenvalue weighted by Gasteiger charge is -2.32. The number of oxazole rings is 1. The van der Waals surface area contributed by atoms with Gasteiger partial charge in [-0.2, -0.15) is 5.26 Å². The van der Waals surface area contributed by atoms with E-state index >= 15 is 0 Å². The molecule has 7 nitrogen and oxygen atoms in total. The molecule has 0 spiro atoms. The Kier molecular flexibility index (Phi) is 6.06. The zero-order chi connectivity index (χ0) is 21.9. The Bertz CT molecular complexity index is 1010. The van der Waals surface area contributed by atoms with Crippen LogP contribution in [0.3, 0.4) is 0 Å². The maximum Gasteiger partial charge on any atom is 0.276 e. The van der Waals surface area contributed by atoms with Crippen molar-refractivity contribution in [2.45, 2.75) is 26.7 Å². The minimum atomic E-state index is -0.569. The Hall–Kier alpha value is -3.40. The van der Waals surface area contributed by atoms with E-state index in [2.05, 4.69) is 4.98 Å². The molecule has 1 aliphatic rings. The van der Waals surface area contributed by atoms with E-state index in [0.717, 1.165) is 5.56 Å². The second-order valence-corrected chi connectivity index (χ2v) is 8.14. The summed E-state index contributed by atoms with van der Waals surface area (Å²) in [5, 5.41) is 9.24. The normalized spacial score (nSPS) is 17.8. The molecule has 1 aromatic carbocycles. The lowest BCUT2D eigenvalue weighted by Crippen LogP contribution is -2.34. The first kappa shape index (κ1) is 21.3. The van der Waals surface area contributed by atoms with Gasteiger partial charge in [-0.3, -0.25) is 9.59 Å². The van der Waals surface area contributed by atoms with E-state index in [1.807, 2.05) is 32.0 Å². The van der Waals surface area contributed by atoms with Crippen molar-refractivity contribution in [2.75, 3.05) is 20.7 Å². The summed E-state index contributed by atoms with van der Waals surface area (Å²) in [4.78, 5) is 30.9. The Morgan fingerprint density at radius 1 is 1.37 bits per heavy atom. The summed E-state index contributed by atoms with van der Waals surface area (Å²) in [6, 6.07) is 9.21. The molecule has 7 heteroatoms. The molecule has 0 aliphatic heterocycles. The number of carbonyl (C=O) groups excluding carboxylic acids is 2. The van der Waals surface area contributed by atoms with Crippen LogP contribution in [0, 0.1) is 22.7 Å². The van der Waals surface area contributed by atoms with Gasteiger partial charge in [0.2, 0.25) is 0 Å². The molecular weight excluding hydrogens is 382 g/mol. The van der Waals surface area contributed by atoms with E-state index in [4.69, 9.17) is 9.15 Å². The monoisotopic (exact) mass is 407 g/mol. The molecule has 1 unspecified atom stereocenters. The first-order chi connectivity index (χ1) is 14.3. The number of hydrogen-bond acceptors (Lipinski definition) is 6. The van der Waals surface area contributed by atoms with Crippen LogP contribution in [0.5, 0.6) is 5.75 Å². The zero-order valence-corrected chi connectivity index (χ0v) is 17.6. The second kappa shape index (κ2) is 8.54. The SMILES string of the molecule is COc1ccc(-c2ocnc2C(=O)N(C)CCC2C=C(C#N)C(=O)C(C)(C)C2)cc1. The summed E-state index contributed by atoms with van der Waals surface area (Å²) >= 11 is 0. The number of hydrogen-bond donors (Lipinski definition) is 0. The maximum absolute atomic E-state index is 13.0. The molecule has 0 saturated carbocycles. The number of carbonyl (C=O) groups is 2. The molecule has 0 bridgehead atoms. The van der Waals surface area contributed by atoms with Crippen LogP contribution in [-0.2, 0) is 4.79 Å². The number of amides is 1. The van der Waals surface area contributed by atoms with Crippen molar-refractivity contribution in [1.82, 2.24) is 9.88 Å². The van der Waals surface area contributed by atoms with Gasteiger partial charge in [-0.15, -0.1) is 0 Å². The summed E-state index contributed by atoms with van der Waals surface area (Å²) < 4.78 is 10.6. The fourth-order valence-corrected chi connectivity index (χ4v) is 3.74. The Labute approximate surface area is 176 Å². The van der Waals surface area contributed by atoms with Gasteiger partial charge in [0.25, 0.3) is 5.91 Å². The summed E-state index contributed by atoms with van der Waals surface area (Å²) in [5.41, 5.74) is 0.624. The number of methoxy groups -OCH3 is 1. The van der Waals surface area contributed by atoms with E-state index in [9.17, 15) is 14.9 Å². The van der Waals surface area contributed by atoms with Crippen LogP contribution < -0.4 is 4.74 Å². The fourth-order valence-electron chi connectivity index (χ4n) is 3.74. The van der Waals surface area contributed by atoms with Crippen molar-refractivity contribution in [1.29, 1.82) is 5.26 Å². The highest BCUT2D eigenvalue weighted by Gasteiger charge is 2.37. The third-order valence-corrected chi connectivity index (χ3v) is 5.46. The number of rotatable bonds is 6. The molecule has 156 valence electrons. The van der Waals surface area contributed by atoms with Gasteiger partial charge < -0.3 is 14.1 Å². The molecule has 2 aromatic rings. The van der Waals surface area contributed by atoms with Crippen LogP contribution in [0.4, 0.5) is 0 Å². The number of ether oxygens (including phenoxy) is 1. The number of allylic oxidation sites excluding steroid dienone is 2. The fraction of sp³-hybridized carbons (Fsp3) is 0.391. The van der Waals surface area contributed by atoms with E-state index in [-0.39, 0.29) is 28.9 Å². The van der Waals surface area contributed by atoms with Gasteiger partial charge in [0.05, 0.1) is 12.7 Å². The van der Waals surface area contributed by atoms with Crippen LogP contribution >= 0.6 is 0 Å². The second-order valence-electron chi connectivity index (χ2n) is 8.14. The van der Waals surface area contributed by atoms with Gasteiger partial charge in [-0.25, -0.2) is 4.98 Å². The topological polar surface area (TPSA) is 96.4 Å². The largest absolute Gasteiger partial charge is 0.497 e. The number of benzene rings is 1. The average molecular weight is 407 g/mol. The number of nitriles is 1. The average Bonchev–Trinajstić information content (AvgIpc) is 3.23. The standard InChI is InChI=1S/C23H25N3O4/c1-23(2)12-15(11-17(13-24)21(23)27)9-10-26(3)22(28)19-20(30-14-25-19)16-5-7-18(29-4)8-6-16/h5-8,11,14-15H,9-10,12H2,1-4H3. The maximum atomic E-state index is 13.0. The predicted octanol–water partition coefficient (Wildman–Crippen LogP) is 3.88. The van der Waals surface area contributed by atoms with Gasteiger partial charge >= 0.3 is 0 Å². The Morgan fingerprint density at radius 2 is 2.07 bits per heavy atom. The van der Waals surface area contributed by atoms with Gasteiger partial charge in [0, 0.05) is 24.6 Å². The molecule has 1 heterocycles. The molecule has 0 radical (unpaired) electrons. The van der Waals surface area contributed by atoms with Crippen LogP contribution in [0.2, 0.25) is 0 Å². The molecule has 1 amide bonds. The number of aromatic nitrogens is 1. The first-order valence-corrected chi connectivity index (χ1v) is 9.77. The molecule has 0 saturated heterocycles. The predicted molar refractivity (Wildman–Crippen MR) is 111 cm³/mol. The van der Waals surface area contributed by atoms with Crippen molar-refractivity contribution >= 4 is 11.7 Å². The van der Waals surface area contributed by atoms with Gasteiger partial charge in [0.1, 0.15) is 11.8 Å². The molecule has 30 heavy (non-hydrogen) atoms. The van der Waals surface area contributed by atoms with Crippen molar-refractivity contribution in [3.8, 4) is 23.1 Å². The zero-order valence-electron chi connectivity index (χ0n) is 17.6. The van der Waals surface area contributed by atoms with Crippen LogP contribution in [0.15, 0.2) is 46.7 Å². The summed E-state index contributed by atoms with van der Waals surface area (Å²) in [6.07, 6.45) is 4.31. The molecule has 1 aromatic heterocycles. The molecular formula is C23H25N3O4. The number of ketones is 1. The van der Waals surface area contributed by atoms with Gasteiger partial charge in [-0.1, -0.05) is 19.9 Å². The van der Waals surface area contributed by atoms with Gasteiger partial charge in [-0.05, 0) is 43.0 Å². The highest BCUT2D eigenvalue weighted by atomic mass is 16.5. The van der Waals surface area contributed by atoms with E-state index in [1.54, 1.807) is 37.3 Å². The summed E-state index contributed by atoms with van der Waals surface area (Å²) in [6.45, 7) is 4.19. The molecule has 1 atom stereocenters. The number of Topliss-reactive ketones (excluding diaryl/α,β-unsaturated/α-hetero) is 1. The molecule has 3 rings (SSSR count). The van der Waals surface area contributed by atoms with Crippen molar-refractivity contribution in [3.05, 3.63) is 48.0 Å². The van der Waals surface area contributed by atoms with Crippen molar-refractivity contribution < 1.29 is 18.7 Å². The minimum Gasteiger partial charge on any atom is -0.497 e. The summed E-state index contributed by atoms with van der Waals surface area (Å²) in [5.74, 6) is 0.816. The van der Waals surface area contributed by atoms with Crippen LogP contribution in [0.25, 0.3) is 11.3 Å². The number of nitrogens with zero attached hydrogens (tertiary/aromatic N) is 3. The Morgan fingerprint density at radius 3 is 2.70 bits per heavy atom. The van der Waals surface area contributed by atoms with Crippen molar-refractivity contribution in [2.24, 2.45) is 11.3 Å². The van der Waals surface area contributed by atoms with Crippen LogP contribution in [-0.4, -0.2) is 42.3 Å². The lowest BCUT2D eigenvalue weighted by atomic mass is 9.71. The minimum absolute atomic E-state index is 0.0565. The van der Waals surface area contributed by atoms with Crippen LogP contribution in [0.1, 0.15) is 37.2 Å². The van der Waals surface area contributed by atoms with E-state index in [0.29, 0.717) is 30.9 Å². The van der Waals surface area contributed by atoms with E-state index in [1.165, 1.54) is 6.39 Å². The smallest absolute Gasteiger partial charge is 0.276 e. The quantitative estimate of drug-likeness (QED) is 0.721. The molecule has 0 fully saturated rings. The Balaban J connectivity index is 1.70. The molecule has 0 N–H and O–H groups in total. The lowest BCUT2D eigenvalue weighted by molar-refractivity contribution is -0.124. The highest BCUT2D eigenvalue weighted by Crippen LogP contribution is 2.36. The van der Waals surface area contributed by atoms with E-state index < -0.39 is 5.41 Å². The molecule has 1 aliphatic carbocycles. The first-order valence-electron chi connectivity index (χ1n) is 9.77. The third-order valence-electron chi connectivity index (χ3n) is 5.46. The third kappa shape index (κ3) is 4.28.